The van der Waals surface area contributed by atoms with Crippen LogP contribution in [0.5, 0.6) is 5.75 Å². The highest BCUT2D eigenvalue weighted by Gasteiger charge is 2.16. The molecule has 0 aromatic heterocycles. The van der Waals surface area contributed by atoms with Crippen molar-refractivity contribution in [2.45, 2.75) is 33.1 Å². The van der Waals surface area contributed by atoms with Gasteiger partial charge in [-0.3, -0.25) is 0 Å². The highest BCUT2D eigenvalue weighted by Crippen LogP contribution is 2.31. The SMILES string of the molecule is COc1ccc(C(C)(C)C)cc1NC(=S)Nc1ccc(C)c(Cl)c1. The summed E-state index contributed by atoms with van der Waals surface area (Å²) in [4.78, 5) is 0. The lowest BCUT2D eigenvalue weighted by molar-refractivity contribution is 0.416. The summed E-state index contributed by atoms with van der Waals surface area (Å²) < 4.78 is 5.43. The van der Waals surface area contributed by atoms with Gasteiger partial charge < -0.3 is 15.4 Å². The molecule has 0 radical (unpaired) electrons. The summed E-state index contributed by atoms with van der Waals surface area (Å²) in [5.41, 5.74) is 3.95. The van der Waals surface area contributed by atoms with Gasteiger partial charge in [0.1, 0.15) is 5.75 Å². The van der Waals surface area contributed by atoms with Crippen LogP contribution in [0.4, 0.5) is 11.4 Å². The molecule has 0 heterocycles. The molecule has 128 valence electrons. The van der Waals surface area contributed by atoms with E-state index in [4.69, 9.17) is 28.6 Å². The van der Waals surface area contributed by atoms with E-state index >= 15 is 0 Å². The number of aryl methyl sites for hydroxylation is 1. The largest absolute Gasteiger partial charge is 0.495 e. The monoisotopic (exact) mass is 362 g/mol. The zero-order valence-electron chi connectivity index (χ0n) is 14.7. The Bertz CT molecular complexity index is 754. The Morgan fingerprint density at radius 2 is 1.79 bits per heavy atom. The van der Waals surface area contributed by atoms with Crippen molar-refractivity contribution in [3.63, 3.8) is 0 Å². The number of anilines is 2. The normalized spacial score (nSPS) is 11.1. The van der Waals surface area contributed by atoms with Crippen LogP contribution >= 0.6 is 23.8 Å². The van der Waals surface area contributed by atoms with Gasteiger partial charge in [0.15, 0.2) is 5.11 Å². The Hall–Kier alpha value is -1.78. The lowest BCUT2D eigenvalue weighted by atomic mass is 9.87. The minimum absolute atomic E-state index is 0.0439. The summed E-state index contributed by atoms with van der Waals surface area (Å²) >= 11 is 11.6. The zero-order chi connectivity index (χ0) is 17.9. The van der Waals surface area contributed by atoms with Crippen LogP contribution in [0.15, 0.2) is 36.4 Å². The molecule has 0 aliphatic heterocycles. The minimum atomic E-state index is 0.0439. The second-order valence-corrected chi connectivity index (χ2v) is 7.52. The van der Waals surface area contributed by atoms with Crippen LogP contribution in [0, 0.1) is 6.92 Å². The molecule has 0 unspecified atom stereocenters. The highest BCUT2D eigenvalue weighted by molar-refractivity contribution is 7.80. The fourth-order valence-electron chi connectivity index (χ4n) is 2.23. The predicted octanol–water partition coefficient (Wildman–Crippen LogP) is 5.76. The first-order chi connectivity index (χ1) is 11.2. The molecule has 0 saturated heterocycles. The van der Waals surface area contributed by atoms with Crippen LogP contribution < -0.4 is 15.4 Å². The third-order valence-corrected chi connectivity index (χ3v) is 4.35. The molecule has 0 spiro atoms. The van der Waals surface area contributed by atoms with Gasteiger partial charge in [-0.2, -0.15) is 0 Å². The summed E-state index contributed by atoms with van der Waals surface area (Å²) in [6.45, 7) is 8.47. The molecule has 0 aliphatic carbocycles. The van der Waals surface area contributed by atoms with Gasteiger partial charge in [0.25, 0.3) is 0 Å². The third kappa shape index (κ3) is 4.62. The number of hydrogen-bond acceptors (Lipinski definition) is 2. The van der Waals surface area contributed by atoms with Gasteiger partial charge in [-0.05, 0) is 59.9 Å². The lowest BCUT2D eigenvalue weighted by Crippen LogP contribution is -2.20. The van der Waals surface area contributed by atoms with Gasteiger partial charge in [0, 0.05) is 10.7 Å². The molecule has 2 N–H and O–H groups in total. The van der Waals surface area contributed by atoms with Crippen molar-refractivity contribution in [1.29, 1.82) is 0 Å². The van der Waals surface area contributed by atoms with E-state index in [0.29, 0.717) is 10.1 Å². The number of methoxy groups -OCH3 is 1. The van der Waals surface area contributed by atoms with Crippen molar-refractivity contribution in [3.8, 4) is 5.75 Å². The van der Waals surface area contributed by atoms with Crippen LogP contribution in [0.1, 0.15) is 31.9 Å². The molecule has 0 atom stereocenters. The Balaban J connectivity index is 2.19. The molecule has 24 heavy (non-hydrogen) atoms. The Kier molecular flexibility index (Phi) is 5.73. The molecule has 0 aliphatic rings. The van der Waals surface area contributed by atoms with Crippen LogP contribution in [-0.4, -0.2) is 12.2 Å². The Labute approximate surface area is 154 Å². The van der Waals surface area contributed by atoms with Crippen LogP contribution in [-0.2, 0) is 5.41 Å². The topological polar surface area (TPSA) is 33.3 Å². The first kappa shape index (κ1) is 18.6. The first-order valence-corrected chi connectivity index (χ1v) is 8.52. The van der Waals surface area contributed by atoms with Crippen LogP contribution in [0.2, 0.25) is 5.02 Å². The lowest BCUT2D eigenvalue weighted by Gasteiger charge is -2.22. The van der Waals surface area contributed by atoms with E-state index in [1.54, 1.807) is 7.11 Å². The molecule has 2 aromatic carbocycles. The maximum Gasteiger partial charge on any atom is 0.175 e. The maximum absolute atomic E-state index is 6.15. The van der Waals surface area contributed by atoms with Gasteiger partial charge in [-0.1, -0.05) is 44.5 Å². The van der Waals surface area contributed by atoms with Gasteiger partial charge in [-0.15, -0.1) is 0 Å². The summed E-state index contributed by atoms with van der Waals surface area (Å²) in [6.07, 6.45) is 0. The number of ether oxygens (including phenoxy) is 1. The van der Waals surface area contributed by atoms with E-state index in [0.717, 1.165) is 22.7 Å². The molecule has 0 fully saturated rings. The van der Waals surface area contributed by atoms with E-state index in [-0.39, 0.29) is 5.41 Å². The molecule has 0 saturated carbocycles. The van der Waals surface area contributed by atoms with Crippen molar-refractivity contribution >= 4 is 40.3 Å². The average molecular weight is 363 g/mol. The fourth-order valence-corrected chi connectivity index (χ4v) is 2.64. The average Bonchev–Trinajstić information content (AvgIpc) is 2.50. The van der Waals surface area contributed by atoms with E-state index in [1.807, 2.05) is 31.2 Å². The number of nitrogens with one attached hydrogen (secondary N) is 2. The van der Waals surface area contributed by atoms with Crippen molar-refractivity contribution in [2.75, 3.05) is 17.7 Å². The molecule has 2 aromatic rings. The quantitative estimate of drug-likeness (QED) is 0.680. The van der Waals surface area contributed by atoms with Gasteiger partial charge in [-0.25, -0.2) is 0 Å². The first-order valence-electron chi connectivity index (χ1n) is 7.73. The Morgan fingerprint density at radius 3 is 2.38 bits per heavy atom. The van der Waals surface area contributed by atoms with E-state index in [1.165, 1.54) is 5.56 Å². The Morgan fingerprint density at radius 1 is 1.08 bits per heavy atom. The van der Waals surface area contributed by atoms with Crippen molar-refractivity contribution < 1.29 is 4.74 Å². The maximum atomic E-state index is 6.15. The molecule has 5 heteroatoms. The smallest absolute Gasteiger partial charge is 0.175 e. The summed E-state index contributed by atoms with van der Waals surface area (Å²) in [6, 6.07) is 11.8. The van der Waals surface area contributed by atoms with Gasteiger partial charge >= 0.3 is 0 Å². The van der Waals surface area contributed by atoms with E-state index in [2.05, 4.69) is 43.5 Å². The fraction of sp³-hybridized carbons (Fsp3) is 0.316. The number of thiocarbonyl (C=S) groups is 1. The predicted molar refractivity (Wildman–Crippen MR) is 108 cm³/mol. The zero-order valence-corrected chi connectivity index (χ0v) is 16.2. The minimum Gasteiger partial charge on any atom is -0.495 e. The molecule has 0 amide bonds. The second-order valence-electron chi connectivity index (χ2n) is 6.71. The molecular weight excluding hydrogens is 340 g/mol. The molecular formula is C19H23ClN2OS. The van der Waals surface area contributed by atoms with Gasteiger partial charge in [0.2, 0.25) is 0 Å². The molecule has 3 nitrogen and oxygen atoms in total. The second kappa shape index (κ2) is 7.41. The number of benzene rings is 2. The molecule has 2 rings (SSSR count). The van der Waals surface area contributed by atoms with E-state index in [9.17, 15) is 0 Å². The standard InChI is InChI=1S/C19H23ClN2OS/c1-12-6-8-14(11-15(12)20)21-18(24)22-16-10-13(19(2,3)4)7-9-17(16)23-5/h6-11H,1-5H3,(H2,21,22,24). The summed E-state index contributed by atoms with van der Waals surface area (Å²) in [5, 5.41) is 7.55. The number of rotatable bonds is 3. The number of halogens is 1. The third-order valence-electron chi connectivity index (χ3n) is 3.74. The highest BCUT2D eigenvalue weighted by atomic mass is 35.5. The summed E-state index contributed by atoms with van der Waals surface area (Å²) in [7, 11) is 1.65. The van der Waals surface area contributed by atoms with Crippen LogP contribution in [0.3, 0.4) is 0 Å². The van der Waals surface area contributed by atoms with Gasteiger partial charge in [0.05, 0.1) is 12.8 Å². The summed E-state index contributed by atoms with van der Waals surface area (Å²) in [5.74, 6) is 0.745. The van der Waals surface area contributed by atoms with E-state index < -0.39 is 0 Å². The molecule has 0 bridgehead atoms. The van der Waals surface area contributed by atoms with Crippen molar-refractivity contribution in [2.24, 2.45) is 0 Å². The van der Waals surface area contributed by atoms with Crippen molar-refractivity contribution in [3.05, 3.63) is 52.5 Å². The number of hydrogen-bond donors (Lipinski definition) is 2. The van der Waals surface area contributed by atoms with Crippen molar-refractivity contribution in [1.82, 2.24) is 0 Å². The van der Waals surface area contributed by atoms with Crippen LogP contribution in [0.25, 0.3) is 0 Å².